The maximum absolute atomic E-state index is 12.7. The Morgan fingerprint density at radius 3 is 2.50 bits per heavy atom. The SMILES string of the molecule is Cc1cc(N(C)CCOc2ccc(F)cc2)nnc1C. The molecule has 0 aliphatic heterocycles. The molecule has 0 atom stereocenters. The standard InChI is InChI=1S/C15H18FN3O/c1-11-10-15(18-17-12(11)2)19(3)8-9-20-14-6-4-13(16)5-7-14/h4-7,10H,8-9H2,1-3H3. The second kappa shape index (κ2) is 6.32. The van der Waals surface area contributed by atoms with Gasteiger partial charge >= 0.3 is 0 Å². The van der Waals surface area contributed by atoms with Crippen LogP contribution in [0.4, 0.5) is 10.2 Å². The Morgan fingerprint density at radius 2 is 1.85 bits per heavy atom. The predicted molar refractivity (Wildman–Crippen MR) is 76.7 cm³/mol. The number of ether oxygens (including phenoxy) is 1. The van der Waals surface area contributed by atoms with Crippen LogP contribution in [0.3, 0.4) is 0 Å². The number of nitrogens with zero attached hydrogens (tertiary/aromatic N) is 3. The van der Waals surface area contributed by atoms with E-state index in [2.05, 4.69) is 10.2 Å². The molecular formula is C15H18FN3O. The molecule has 0 bridgehead atoms. The normalized spacial score (nSPS) is 10.4. The van der Waals surface area contributed by atoms with Gasteiger partial charge in [0.1, 0.15) is 18.2 Å². The zero-order chi connectivity index (χ0) is 14.5. The van der Waals surface area contributed by atoms with Crippen LogP contribution < -0.4 is 9.64 Å². The molecule has 0 aliphatic carbocycles. The average molecular weight is 275 g/mol. The molecule has 5 heteroatoms. The Morgan fingerprint density at radius 1 is 1.15 bits per heavy atom. The first-order chi connectivity index (χ1) is 9.56. The van der Waals surface area contributed by atoms with E-state index < -0.39 is 0 Å². The van der Waals surface area contributed by atoms with Crippen molar-refractivity contribution in [3.8, 4) is 5.75 Å². The number of likely N-dealkylation sites (N-methyl/N-ethyl adjacent to an activating group) is 1. The summed E-state index contributed by atoms with van der Waals surface area (Å²) in [5.74, 6) is 1.21. The van der Waals surface area contributed by atoms with Crippen LogP contribution in [0.5, 0.6) is 5.75 Å². The molecule has 0 unspecified atom stereocenters. The van der Waals surface area contributed by atoms with E-state index >= 15 is 0 Å². The first kappa shape index (κ1) is 14.2. The number of benzene rings is 1. The Balaban J connectivity index is 1.87. The highest BCUT2D eigenvalue weighted by molar-refractivity contribution is 5.39. The molecule has 106 valence electrons. The molecule has 0 aliphatic rings. The summed E-state index contributed by atoms with van der Waals surface area (Å²) >= 11 is 0. The first-order valence-corrected chi connectivity index (χ1v) is 6.46. The number of aromatic nitrogens is 2. The van der Waals surface area contributed by atoms with Crippen LogP contribution in [-0.2, 0) is 0 Å². The van der Waals surface area contributed by atoms with Crippen molar-refractivity contribution >= 4 is 5.82 Å². The van der Waals surface area contributed by atoms with Crippen molar-refractivity contribution in [3.63, 3.8) is 0 Å². The van der Waals surface area contributed by atoms with Crippen molar-refractivity contribution in [2.24, 2.45) is 0 Å². The van der Waals surface area contributed by atoms with E-state index in [-0.39, 0.29) is 5.82 Å². The van der Waals surface area contributed by atoms with Crippen molar-refractivity contribution in [1.29, 1.82) is 0 Å². The zero-order valence-corrected chi connectivity index (χ0v) is 11.9. The van der Waals surface area contributed by atoms with E-state index in [1.54, 1.807) is 12.1 Å². The lowest BCUT2D eigenvalue weighted by molar-refractivity contribution is 0.325. The fraction of sp³-hybridized carbons (Fsp3) is 0.333. The molecule has 0 fully saturated rings. The molecule has 0 amide bonds. The molecule has 1 aromatic heterocycles. The van der Waals surface area contributed by atoms with Gasteiger partial charge in [0, 0.05) is 7.05 Å². The van der Waals surface area contributed by atoms with E-state index in [1.165, 1.54) is 12.1 Å². The number of rotatable bonds is 5. The lowest BCUT2D eigenvalue weighted by Crippen LogP contribution is -2.25. The third-order valence-electron chi connectivity index (χ3n) is 3.12. The van der Waals surface area contributed by atoms with E-state index in [1.807, 2.05) is 31.9 Å². The van der Waals surface area contributed by atoms with Gasteiger partial charge in [0.2, 0.25) is 0 Å². The minimum atomic E-state index is -0.264. The highest BCUT2D eigenvalue weighted by atomic mass is 19.1. The van der Waals surface area contributed by atoms with Crippen LogP contribution in [0.1, 0.15) is 11.3 Å². The molecule has 0 radical (unpaired) electrons. The topological polar surface area (TPSA) is 38.2 Å². The molecule has 0 saturated carbocycles. The lowest BCUT2D eigenvalue weighted by Gasteiger charge is -2.18. The van der Waals surface area contributed by atoms with Crippen molar-refractivity contribution < 1.29 is 9.13 Å². The minimum Gasteiger partial charge on any atom is -0.492 e. The maximum atomic E-state index is 12.7. The summed E-state index contributed by atoms with van der Waals surface area (Å²) in [4.78, 5) is 1.98. The third kappa shape index (κ3) is 3.66. The van der Waals surface area contributed by atoms with E-state index in [0.29, 0.717) is 18.9 Å². The number of halogens is 1. The quantitative estimate of drug-likeness (QED) is 0.841. The molecular weight excluding hydrogens is 257 g/mol. The predicted octanol–water partition coefficient (Wildman–Crippen LogP) is 2.75. The minimum absolute atomic E-state index is 0.264. The molecule has 4 nitrogen and oxygen atoms in total. The van der Waals surface area contributed by atoms with Crippen LogP contribution in [0.15, 0.2) is 30.3 Å². The van der Waals surface area contributed by atoms with Crippen molar-refractivity contribution in [2.75, 3.05) is 25.1 Å². The summed E-state index contributed by atoms with van der Waals surface area (Å²) in [6.45, 7) is 5.12. The number of hydrogen-bond donors (Lipinski definition) is 0. The number of hydrogen-bond acceptors (Lipinski definition) is 4. The molecule has 0 N–H and O–H groups in total. The number of aryl methyl sites for hydroxylation is 2. The van der Waals surface area contributed by atoms with Gasteiger partial charge < -0.3 is 9.64 Å². The third-order valence-corrected chi connectivity index (χ3v) is 3.12. The smallest absolute Gasteiger partial charge is 0.151 e. The maximum Gasteiger partial charge on any atom is 0.151 e. The molecule has 2 rings (SSSR count). The van der Waals surface area contributed by atoms with Gasteiger partial charge in [0.05, 0.1) is 12.2 Å². The van der Waals surface area contributed by atoms with Gasteiger partial charge in [-0.3, -0.25) is 0 Å². The first-order valence-electron chi connectivity index (χ1n) is 6.46. The Hall–Kier alpha value is -2.17. The summed E-state index contributed by atoms with van der Waals surface area (Å²) < 4.78 is 18.3. The van der Waals surface area contributed by atoms with Gasteiger partial charge in [0.15, 0.2) is 5.82 Å². The summed E-state index contributed by atoms with van der Waals surface area (Å²) in [5, 5.41) is 8.25. The second-order valence-corrected chi connectivity index (χ2v) is 4.69. The highest BCUT2D eigenvalue weighted by Gasteiger charge is 2.05. The Bertz CT molecular complexity index is 572. The fourth-order valence-electron chi connectivity index (χ4n) is 1.66. The lowest BCUT2D eigenvalue weighted by atomic mass is 10.2. The summed E-state index contributed by atoms with van der Waals surface area (Å²) in [6.07, 6.45) is 0. The second-order valence-electron chi connectivity index (χ2n) is 4.69. The fourth-order valence-corrected chi connectivity index (χ4v) is 1.66. The zero-order valence-electron chi connectivity index (χ0n) is 11.9. The molecule has 1 heterocycles. The van der Waals surface area contributed by atoms with Crippen molar-refractivity contribution in [3.05, 3.63) is 47.4 Å². The van der Waals surface area contributed by atoms with Crippen molar-refractivity contribution in [1.82, 2.24) is 10.2 Å². The Labute approximate surface area is 118 Å². The van der Waals surface area contributed by atoms with E-state index in [9.17, 15) is 4.39 Å². The van der Waals surface area contributed by atoms with Crippen molar-refractivity contribution in [2.45, 2.75) is 13.8 Å². The Kier molecular flexibility index (Phi) is 4.50. The van der Waals surface area contributed by atoms with Crippen LogP contribution in [0, 0.1) is 19.7 Å². The van der Waals surface area contributed by atoms with Crippen LogP contribution in [0.2, 0.25) is 0 Å². The van der Waals surface area contributed by atoms with E-state index in [0.717, 1.165) is 17.1 Å². The largest absolute Gasteiger partial charge is 0.492 e. The van der Waals surface area contributed by atoms with Gasteiger partial charge in [0.25, 0.3) is 0 Å². The summed E-state index contributed by atoms with van der Waals surface area (Å²) in [5.41, 5.74) is 2.05. The van der Waals surface area contributed by atoms with Gasteiger partial charge in [-0.15, -0.1) is 5.10 Å². The molecule has 0 spiro atoms. The van der Waals surface area contributed by atoms with Crippen LogP contribution >= 0.6 is 0 Å². The molecule has 1 aromatic carbocycles. The van der Waals surface area contributed by atoms with E-state index in [4.69, 9.17) is 4.74 Å². The monoisotopic (exact) mass is 275 g/mol. The summed E-state index contributed by atoms with van der Waals surface area (Å²) in [7, 11) is 1.94. The summed E-state index contributed by atoms with van der Waals surface area (Å²) in [6, 6.07) is 8.00. The van der Waals surface area contributed by atoms with Crippen LogP contribution in [0.25, 0.3) is 0 Å². The van der Waals surface area contributed by atoms with Gasteiger partial charge in [-0.25, -0.2) is 4.39 Å². The highest BCUT2D eigenvalue weighted by Crippen LogP contribution is 2.13. The average Bonchev–Trinajstić information content (AvgIpc) is 2.44. The molecule has 20 heavy (non-hydrogen) atoms. The number of anilines is 1. The van der Waals surface area contributed by atoms with Gasteiger partial charge in [-0.05, 0) is 49.7 Å². The van der Waals surface area contributed by atoms with Gasteiger partial charge in [-0.1, -0.05) is 0 Å². The van der Waals surface area contributed by atoms with Gasteiger partial charge in [-0.2, -0.15) is 5.10 Å². The molecule has 0 saturated heterocycles. The molecule has 2 aromatic rings. The van der Waals surface area contributed by atoms with Crippen LogP contribution in [-0.4, -0.2) is 30.4 Å².